The molecule has 0 heterocycles. The highest BCUT2D eigenvalue weighted by molar-refractivity contribution is 5.01. The van der Waals surface area contributed by atoms with Crippen LogP contribution in [0, 0.1) is 5.92 Å². The molecule has 1 aliphatic rings. The molecule has 1 atom stereocenters. The average Bonchev–Trinajstić information content (AvgIpc) is 1.97. The summed E-state index contributed by atoms with van der Waals surface area (Å²) in [5.74, 6) is 0.943. The fraction of sp³-hybridized carbons (Fsp3) is 0.692. The van der Waals surface area contributed by atoms with Crippen molar-refractivity contribution in [1.29, 1.82) is 0 Å². The Bertz CT molecular complexity index is 131. The van der Waals surface area contributed by atoms with Crippen LogP contribution in [0.4, 0.5) is 0 Å². The zero-order valence-corrected chi connectivity index (χ0v) is 8.06. The van der Waals surface area contributed by atoms with Crippen molar-refractivity contribution in [2.24, 2.45) is 5.92 Å². The topological polar surface area (TPSA) is 0 Å². The van der Waals surface area contributed by atoms with Gasteiger partial charge in [0.1, 0.15) is 0 Å². The summed E-state index contributed by atoms with van der Waals surface area (Å²) in [7, 11) is 0. The van der Waals surface area contributed by atoms with E-state index in [1.54, 1.807) is 11.6 Å². The van der Waals surface area contributed by atoms with E-state index in [9.17, 15) is 0 Å². The molecule has 0 aromatic carbocycles. The lowest BCUT2D eigenvalue weighted by Crippen LogP contribution is -1.98. The molecule has 1 aliphatic carbocycles. The van der Waals surface area contributed by atoms with E-state index in [1.165, 1.54) is 19.3 Å². The van der Waals surface area contributed by atoms with Crippen molar-refractivity contribution in [3.8, 4) is 0 Å². The predicted octanol–water partition coefficient (Wildman–Crippen LogP) is 5.22. The summed E-state index contributed by atoms with van der Waals surface area (Å²) in [4.78, 5) is 0. The Labute approximate surface area is 85.8 Å². The van der Waals surface area contributed by atoms with Gasteiger partial charge in [0.25, 0.3) is 0 Å². The second kappa shape index (κ2) is 11.5. The van der Waals surface area contributed by atoms with Crippen LogP contribution in [0.3, 0.4) is 0 Å². The third-order valence-electron chi connectivity index (χ3n) is 1.90. The van der Waals surface area contributed by atoms with Crippen molar-refractivity contribution in [3.63, 3.8) is 0 Å². The van der Waals surface area contributed by atoms with E-state index in [0.717, 1.165) is 5.92 Å². The summed E-state index contributed by atoms with van der Waals surface area (Å²) in [6.07, 6.45) is 8.17. The molecule has 0 amide bonds. The van der Waals surface area contributed by atoms with E-state index >= 15 is 0 Å². The minimum atomic E-state index is 0. The molecule has 0 heteroatoms. The Balaban J connectivity index is -0.000000180. The second-order valence-corrected chi connectivity index (χ2v) is 3.34. The lowest BCUT2D eigenvalue weighted by Gasteiger charge is -2.14. The summed E-state index contributed by atoms with van der Waals surface area (Å²) in [6.45, 7) is 9.80. The SMILES string of the molecule is C.C.C=CC.CC1=CCC(C)CC1. The summed E-state index contributed by atoms with van der Waals surface area (Å²) in [6, 6.07) is 0. The number of rotatable bonds is 0. The molecule has 0 nitrogen and oxygen atoms in total. The summed E-state index contributed by atoms with van der Waals surface area (Å²) >= 11 is 0. The number of hydrogen-bond donors (Lipinski definition) is 0. The molecule has 0 saturated carbocycles. The largest absolute Gasteiger partial charge is 0.103 e. The average molecular weight is 184 g/mol. The predicted molar refractivity (Wildman–Crippen MR) is 66.1 cm³/mol. The van der Waals surface area contributed by atoms with Gasteiger partial charge >= 0.3 is 0 Å². The molecule has 0 aliphatic heterocycles. The first-order valence-electron chi connectivity index (χ1n) is 4.43. The van der Waals surface area contributed by atoms with Gasteiger partial charge < -0.3 is 0 Å². The molecular weight excluding hydrogens is 156 g/mol. The van der Waals surface area contributed by atoms with E-state index in [2.05, 4.69) is 26.5 Å². The Morgan fingerprint density at radius 2 is 1.92 bits per heavy atom. The smallest absolute Gasteiger partial charge is 0.0320 e. The molecule has 1 unspecified atom stereocenters. The van der Waals surface area contributed by atoms with Crippen LogP contribution < -0.4 is 0 Å². The van der Waals surface area contributed by atoms with Crippen LogP contribution in [0.2, 0.25) is 0 Å². The molecule has 0 fully saturated rings. The maximum Gasteiger partial charge on any atom is -0.0320 e. The van der Waals surface area contributed by atoms with Crippen LogP contribution in [-0.2, 0) is 0 Å². The van der Waals surface area contributed by atoms with Crippen molar-refractivity contribution in [2.75, 3.05) is 0 Å². The van der Waals surface area contributed by atoms with Crippen molar-refractivity contribution in [3.05, 3.63) is 24.3 Å². The molecule has 13 heavy (non-hydrogen) atoms. The number of allylic oxidation sites excluding steroid dienone is 3. The Morgan fingerprint density at radius 3 is 2.15 bits per heavy atom. The molecule has 0 spiro atoms. The molecule has 1 rings (SSSR count). The minimum absolute atomic E-state index is 0. The van der Waals surface area contributed by atoms with Gasteiger partial charge in [-0.2, -0.15) is 0 Å². The van der Waals surface area contributed by atoms with Gasteiger partial charge in [-0.15, -0.1) is 6.58 Å². The van der Waals surface area contributed by atoms with Crippen LogP contribution in [0.25, 0.3) is 0 Å². The quantitative estimate of drug-likeness (QED) is 0.453. The monoisotopic (exact) mass is 184 g/mol. The summed E-state index contributed by atoms with van der Waals surface area (Å²) in [5.41, 5.74) is 1.59. The highest BCUT2D eigenvalue weighted by Gasteiger charge is 2.05. The van der Waals surface area contributed by atoms with Crippen LogP contribution >= 0.6 is 0 Å². The Morgan fingerprint density at radius 1 is 1.46 bits per heavy atom. The van der Waals surface area contributed by atoms with Crippen molar-refractivity contribution in [1.82, 2.24) is 0 Å². The minimum Gasteiger partial charge on any atom is -0.103 e. The van der Waals surface area contributed by atoms with E-state index in [1.807, 2.05) is 6.92 Å². The van der Waals surface area contributed by atoms with Gasteiger partial charge in [-0.05, 0) is 39.0 Å². The molecule has 0 radical (unpaired) electrons. The van der Waals surface area contributed by atoms with Crippen molar-refractivity contribution in [2.45, 2.75) is 54.9 Å². The van der Waals surface area contributed by atoms with Crippen LogP contribution in [-0.4, -0.2) is 0 Å². The van der Waals surface area contributed by atoms with E-state index in [-0.39, 0.29) is 14.9 Å². The lowest BCUT2D eigenvalue weighted by atomic mass is 9.92. The van der Waals surface area contributed by atoms with Crippen molar-refractivity contribution < 1.29 is 0 Å². The first-order valence-corrected chi connectivity index (χ1v) is 4.43. The van der Waals surface area contributed by atoms with Crippen LogP contribution in [0.1, 0.15) is 54.9 Å². The molecule has 0 N–H and O–H groups in total. The lowest BCUT2D eigenvalue weighted by molar-refractivity contribution is 0.514. The summed E-state index contributed by atoms with van der Waals surface area (Å²) < 4.78 is 0. The fourth-order valence-corrected chi connectivity index (χ4v) is 1.10. The van der Waals surface area contributed by atoms with Gasteiger partial charge in [0.15, 0.2) is 0 Å². The molecule has 0 aromatic heterocycles. The number of hydrogen-bond acceptors (Lipinski definition) is 0. The third kappa shape index (κ3) is 11.5. The second-order valence-electron chi connectivity index (χ2n) is 3.34. The van der Waals surface area contributed by atoms with Gasteiger partial charge in [-0.25, -0.2) is 0 Å². The standard InChI is InChI=1S/C8H14.C3H6.2CH4/c1-7-3-5-8(2)6-4-7;1-3-2;;/h3,8H,4-6H2,1-2H3;3H,1H2,2H3;2*1H4. The van der Waals surface area contributed by atoms with Crippen LogP contribution in [0.15, 0.2) is 24.3 Å². The van der Waals surface area contributed by atoms with E-state index in [0.29, 0.717) is 0 Å². The molecular formula is C13H28. The maximum absolute atomic E-state index is 3.36. The zero-order chi connectivity index (χ0) is 8.69. The van der Waals surface area contributed by atoms with Gasteiger partial charge in [-0.3, -0.25) is 0 Å². The zero-order valence-electron chi connectivity index (χ0n) is 8.06. The van der Waals surface area contributed by atoms with Gasteiger partial charge in [0, 0.05) is 0 Å². The first kappa shape index (κ1) is 18.3. The Kier molecular flexibility index (Phi) is 16.2. The summed E-state index contributed by atoms with van der Waals surface area (Å²) in [5, 5.41) is 0. The molecule has 0 aromatic rings. The van der Waals surface area contributed by atoms with E-state index in [4.69, 9.17) is 0 Å². The fourth-order valence-electron chi connectivity index (χ4n) is 1.10. The normalized spacial score (nSPS) is 19.3. The van der Waals surface area contributed by atoms with Gasteiger partial charge in [0.05, 0.1) is 0 Å². The maximum atomic E-state index is 3.36. The highest BCUT2D eigenvalue weighted by Crippen LogP contribution is 2.21. The van der Waals surface area contributed by atoms with Gasteiger partial charge in [0.2, 0.25) is 0 Å². The van der Waals surface area contributed by atoms with Crippen LogP contribution in [0.5, 0.6) is 0 Å². The molecule has 80 valence electrons. The highest BCUT2D eigenvalue weighted by atomic mass is 14.1. The third-order valence-corrected chi connectivity index (χ3v) is 1.90. The van der Waals surface area contributed by atoms with Crippen molar-refractivity contribution >= 4 is 0 Å². The molecule has 0 bridgehead atoms. The first-order chi connectivity index (χ1) is 5.20. The Hall–Kier alpha value is -0.520. The van der Waals surface area contributed by atoms with E-state index < -0.39 is 0 Å². The molecule has 0 saturated heterocycles. The van der Waals surface area contributed by atoms with Gasteiger partial charge in [-0.1, -0.05) is 39.5 Å².